The van der Waals surface area contributed by atoms with Crippen molar-refractivity contribution >= 4 is 33.3 Å². The highest BCUT2D eigenvalue weighted by molar-refractivity contribution is 9.10. The van der Waals surface area contributed by atoms with Crippen LogP contribution < -0.4 is 5.32 Å². The van der Waals surface area contributed by atoms with Crippen molar-refractivity contribution in [3.63, 3.8) is 0 Å². The first-order valence-corrected chi connectivity index (χ1v) is 6.16. The Morgan fingerprint density at radius 1 is 1.35 bits per heavy atom. The van der Waals surface area contributed by atoms with Gasteiger partial charge >= 0.3 is 0 Å². The first-order valence-electron chi connectivity index (χ1n) is 4.99. The molecule has 17 heavy (non-hydrogen) atoms. The molecular weight excluding hydrogens is 304 g/mol. The van der Waals surface area contributed by atoms with Crippen molar-refractivity contribution in [2.75, 3.05) is 5.32 Å². The molecule has 0 bridgehead atoms. The minimum absolute atomic E-state index is 0.389. The Morgan fingerprint density at radius 2 is 2.18 bits per heavy atom. The first kappa shape index (κ1) is 12.3. The monoisotopic (exact) mass is 312 g/mol. The van der Waals surface area contributed by atoms with Crippen LogP contribution in [0.3, 0.4) is 0 Å². The maximum atomic E-state index is 5.87. The molecule has 0 saturated heterocycles. The molecule has 0 saturated carbocycles. The molecule has 2 heterocycles. The van der Waals surface area contributed by atoms with E-state index in [0.29, 0.717) is 22.0 Å². The van der Waals surface area contributed by atoms with Gasteiger partial charge in [-0.2, -0.15) is 0 Å². The molecule has 0 unspecified atom stereocenters. The lowest BCUT2D eigenvalue weighted by atomic mass is 10.3. The summed E-state index contributed by atoms with van der Waals surface area (Å²) in [6.07, 6.45) is 1.42. The SMILES string of the molecule is Cc1cccc(CNc2ncnc(Cl)c2Br)n1. The van der Waals surface area contributed by atoms with Crippen LogP contribution in [0.2, 0.25) is 5.15 Å². The lowest BCUT2D eigenvalue weighted by molar-refractivity contribution is 0.994. The molecule has 2 aromatic heterocycles. The van der Waals surface area contributed by atoms with Crippen molar-refractivity contribution < 1.29 is 0 Å². The summed E-state index contributed by atoms with van der Waals surface area (Å²) in [5, 5.41) is 3.54. The van der Waals surface area contributed by atoms with Crippen LogP contribution in [0.4, 0.5) is 5.82 Å². The van der Waals surface area contributed by atoms with E-state index in [-0.39, 0.29) is 0 Å². The number of hydrogen-bond donors (Lipinski definition) is 1. The molecule has 0 aliphatic carbocycles. The van der Waals surface area contributed by atoms with Crippen LogP contribution in [0.1, 0.15) is 11.4 Å². The highest BCUT2D eigenvalue weighted by atomic mass is 79.9. The lowest BCUT2D eigenvalue weighted by Gasteiger charge is -2.07. The van der Waals surface area contributed by atoms with Crippen LogP contribution in [0, 0.1) is 6.92 Å². The summed E-state index contributed by atoms with van der Waals surface area (Å²) in [4.78, 5) is 12.3. The van der Waals surface area contributed by atoms with Crippen molar-refractivity contribution in [1.82, 2.24) is 15.0 Å². The van der Waals surface area contributed by atoms with E-state index in [1.165, 1.54) is 6.33 Å². The minimum atomic E-state index is 0.389. The predicted molar refractivity (Wildman–Crippen MR) is 71.0 cm³/mol. The third-order valence-electron chi connectivity index (χ3n) is 2.13. The molecule has 0 aromatic carbocycles. The van der Waals surface area contributed by atoms with Gasteiger partial charge in [-0.25, -0.2) is 9.97 Å². The highest BCUT2D eigenvalue weighted by Gasteiger charge is 2.06. The van der Waals surface area contributed by atoms with Crippen molar-refractivity contribution in [3.05, 3.63) is 45.5 Å². The van der Waals surface area contributed by atoms with Gasteiger partial charge in [0.05, 0.1) is 16.7 Å². The van der Waals surface area contributed by atoms with Crippen molar-refractivity contribution in [2.45, 2.75) is 13.5 Å². The quantitative estimate of drug-likeness (QED) is 0.884. The van der Waals surface area contributed by atoms with Gasteiger partial charge in [-0.05, 0) is 35.0 Å². The van der Waals surface area contributed by atoms with Gasteiger partial charge in [-0.15, -0.1) is 0 Å². The van der Waals surface area contributed by atoms with Gasteiger partial charge in [-0.3, -0.25) is 4.98 Å². The van der Waals surface area contributed by atoms with Crippen LogP contribution >= 0.6 is 27.5 Å². The van der Waals surface area contributed by atoms with E-state index >= 15 is 0 Å². The van der Waals surface area contributed by atoms with Gasteiger partial charge in [0.25, 0.3) is 0 Å². The topological polar surface area (TPSA) is 50.7 Å². The Labute approximate surface area is 113 Å². The van der Waals surface area contributed by atoms with Gasteiger partial charge in [0.1, 0.15) is 17.3 Å². The van der Waals surface area contributed by atoms with Crippen molar-refractivity contribution in [1.29, 1.82) is 0 Å². The molecule has 0 amide bonds. The summed E-state index contributed by atoms with van der Waals surface area (Å²) in [5.74, 6) is 0.660. The molecule has 2 aromatic rings. The number of anilines is 1. The maximum absolute atomic E-state index is 5.87. The second-order valence-corrected chi connectivity index (χ2v) is 4.60. The van der Waals surface area contributed by atoms with Crippen LogP contribution in [-0.2, 0) is 6.54 Å². The van der Waals surface area contributed by atoms with Crippen LogP contribution in [-0.4, -0.2) is 15.0 Å². The minimum Gasteiger partial charge on any atom is -0.363 e. The molecule has 88 valence electrons. The standard InChI is InChI=1S/C11H10BrClN4/c1-7-3-2-4-8(17-7)5-14-11-9(12)10(13)15-6-16-11/h2-4,6H,5H2,1H3,(H,14,15,16). The molecule has 0 radical (unpaired) electrons. The predicted octanol–water partition coefficient (Wildman–Crippen LogP) is 3.21. The van der Waals surface area contributed by atoms with E-state index in [9.17, 15) is 0 Å². The third kappa shape index (κ3) is 3.14. The number of pyridine rings is 1. The van der Waals surface area contributed by atoms with E-state index in [4.69, 9.17) is 11.6 Å². The Balaban J connectivity index is 2.10. The maximum Gasteiger partial charge on any atom is 0.148 e. The second-order valence-electron chi connectivity index (χ2n) is 3.45. The van der Waals surface area contributed by atoms with Crippen LogP contribution in [0.5, 0.6) is 0 Å². The molecule has 0 fully saturated rings. The summed E-state index contributed by atoms with van der Waals surface area (Å²) in [6.45, 7) is 2.55. The molecule has 0 spiro atoms. The molecule has 0 atom stereocenters. The Bertz CT molecular complexity index is 533. The molecule has 2 rings (SSSR count). The Hall–Kier alpha value is -1.20. The second kappa shape index (κ2) is 5.42. The van der Waals surface area contributed by atoms with Gasteiger partial charge in [0.15, 0.2) is 0 Å². The molecule has 0 aliphatic heterocycles. The van der Waals surface area contributed by atoms with Gasteiger partial charge < -0.3 is 5.32 Å². The third-order valence-corrected chi connectivity index (χ3v) is 3.40. The Kier molecular flexibility index (Phi) is 3.91. The van der Waals surface area contributed by atoms with E-state index in [2.05, 4.69) is 36.2 Å². The number of halogens is 2. The zero-order valence-electron chi connectivity index (χ0n) is 9.11. The summed E-state index contributed by atoms with van der Waals surface area (Å²) in [7, 11) is 0. The van der Waals surface area contributed by atoms with Crippen molar-refractivity contribution in [3.8, 4) is 0 Å². The fourth-order valence-electron chi connectivity index (χ4n) is 1.34. The van der Waals surface area contributed by atoms with E-state index in [0.717, 1.165) is 11.4 Å². The van der Waals surface area contributed by atoms with E-state index < -0.39 is 0 Å². The summed E-state index contributed by atoms with van der Waals surface area (Å²) >= 11 is 9.20. The number of hydrogen-bond acceptors (Lipinski definition) is 4. The number of nitrogens with one attached hydrogen (secondary N) is 1. The molecular formula is C11H10BrClN4. The zero-order valence-corrected chi connectivity index (χ0v) is 11.5. The fraction of sp³-hybridized carbons (Fsp3) is 0.182. The molecule has 4 nitrogen and oxygen atoms in total. The molecule has 6 heteroatoms. The summed E-state index contributed by atoms with van der Waals surface area (Å²) < 4.78 is 0.661. The normalized spacial score (nSPS) is 10.3. The zero-order chi connectivity index (χ0) is 12.3. The fourth-order valence-corrected chi connectivity index (χ4v) is 1.82. The number of aryl methyl sites for hydroxylation is 1. The van der Waals surface area contributed by atoms with Gasteiger partial charge in [0, 0.05) is 5.69 Å². The largest absolute Gasteiger partial charge is 0.363 e. The molecule has 1 N–H and O–H groups in total. The number of rotatable bonds is 3. The average molecular weight is 314 g/mol. The Morgan fingerprint density at radius 3 is 2.94 bits per heavy atom. The van der Waals surface area contributed by atoms with Gasteiger partial charge in [0.2, 0.25) is 0 Å². The van der Waals surface area contributed by atoms with Crippen LogP contribution in [0.15, 0.2) is 29.0 Å². The smallest absolute Gasteiger partial charge is 0.148 e. The summed E-state index contributed by atoms with van der Waals surface area (Å²) in [6, 6.07) is 5.89. The summed E-state index contributed by atoms with van der Waals surface area (Å²) in [5.41, 5.74) is 1.94. The molecule has 0 aliphatic rings. The van der Waals surface area contributed by atoms with Crippen molar-refractivity contribution in [2.24, 2.45) is 0 Å². The van der Waals surface area contributed by atoms with E-state index in [1.54, 1.807) is 0 Å². The number of nitrogens with zero attached hydrogens (tertiary/aromatic N) is 3. The van der Waals surface area contributed by atoms with E-state index in [1.807, 2.05) is 25.1 Å². The van der Waals surface area contributed by atoms with Gasteiger partial charge in [-0.1, -0.05) is 17.7 Å². The lowest BCUT2D eigenvalue weighted by Crippen LogP contribution is -2.04. The number of aromatic nitrogens is 3. The first-order chi connectivity index (χ1) is 8.16. The average Bonchev–Trinajstić information content (AvgIpc) is 2.31. The highest BCUT2D eigenvalue weighted by Crippen LogP contribution is 2.26. The van der Waals surface area contributed by atoms with Crippen LogP contribution in [0.25, 0.3) is 0 Å².